The molecule has 0 radical (unpaired) electrons. The van der Waals surface area contributed by atoms with Gasteiger partial charge in [-0.05, 0) is 18.4 Å². The highest BCUT2D eigenvalue weighted by Crippen LogP contribution is 2.26. The Morgan fingerprint density at radius 2 is 1.89 bits per heavy atom. The van der Waals surface area contributed by atoms with E-state index in [0.29, 0.717) is 17.5 Å². The molecule has 3 rings (SSSR count). The number of benzene rings is 1. The van der Waals surface area contributed by atoms with Gasteiger partial charge in [0.1, 0.15) is 0 Å². The highest BCUT2D eigenvalue weighted by atomic mass is 79.9. The molecule has 0 aliphatic heterocycles. The highest BCUT2D eigenvalue weighted by Gasteiger charge is 2.29. The van der Waals surface area contributed by atoms with Crippen molar-refractivity contribution in [2.24, 2.45) is 11.7 Å². The lowest BCUT2D eigenvalue weighted by Gasteiger charge is -2.30. The minimum absolute atomic E-state index is 0. The monoisotopic (exact) mass is 441 g/mol. The number of nitro benzene ring substituents is 1. The third-order valence-corrected chi connectivity index (χ3v) is 4.79. The second-order valence-corrected chi connectivity index (χ2v) is 6.47. The topological polar surface area (TPSA) is 164 Å². The lowest BCUT2D eigenvalue weighted by molar-refractivity contribution is -0.384. The quantitative estimate of drug-likeness (QED) is 0.304. The number of halogens is 1. The molecule has 1 heterocycles. The third-order valence-electron chi connectivity index (χ3n) is 4.79. The summed E-state index contributed by atoms with van der Waals surface area (Å²) >= 11 is 0. The molecule has 5 N–H and O–H groups in total. The number of aromatic nitrogens is 2. The van der Waals surface area contributed by atoms with Crippen LogP contribution >= 0.6 is 17.0 Å². The Hall–Kier alpha value is -2.53. The number of hydrogen-bond donors (Lipinski definition) is 4. The molecule has 1 aliphatic rings. The van der Waals surface area contributed by atoms with Crippen LogP contribution in [0.2, 0.25) is 0 Å². The van der Waals surface area contributed by atoms with Gasteiger partial charge in [0, 0.05) is 24.7 Å². The van der Waals surface area contributed by atoms with Crippen LogP contribution in [0.1, 0.15) is 31.2 Å². The zero-order valence-electron chi connectivity index (χ0n) is 14.3. The molecule has 1 fully saturated rings. The molecular formula is C16H20BrN5O5. The van der Waals surface area contributed by atoms with Crippen molar-refractivity contribution in [2.75, 3.05) is 0 Å². The minimum Gasteiger partial charge on any atom is -0.369 e. The molecule has 2 unspecified atom stereocenters. The summed E-state index contributed by atoms with van der Waals surface area (Å²) in [7, 11) is 0. The summed E-state index contributed by atoms with van der Waals surface area (Å²) in [5.74, 6) is -0.670. The van der Waals surface area contributed by atoms with Crippen molar-refractivity contribution in [2.45, 2.75) is 38.3 Å². The first-order chi connectivity index (χ1) is 12.4. The number of nitrogens with two attached hydrogens (primary N) is 1. The number of aromatic amines is 2. The zero-order valence-corrected chi connectivity index (χ0v) is 16.0. The van der Waals surface area contributed by atoms with Gasteiger partial charge in [-0.2, -0.15) is 0 Å². The van der Waals surface area contributed by atoms with E-state index in [4.69, 9.17) is 5.73 Å². The molecule has 0 bridgehead atoms. The molecule has 1 aromatic carbocycles. The number of nitro groups is 1. The summed E-state index contributed by atoms with van der Waals surface area (Å²) in [6, 6.07) is 2.40. The van der Waals surface area contributed by atoms with Crippen LogP contribution in [-0.2, 0) is 11.3 Å². The van der Waals surface area contributed by atoms with E-state index in [1.165, 1.54) is 12.1 Å². The van der Waals surface area contributed by atoms with Crippen LogP contribution in [0.4, 0.5) is 5.69 Å². The summed E-state index contributed by atoms with van der Waals surface area (Å²) in [6.07, 6.45) is 3.36. The third kappa shape index (κ3) is 4.42. The number of nitrogens with zero attached hydrogens (tertiary/aromatic N) is 1. The molecule has 1 amide bonds. The fourth-order valence-electron chi connectivity index (χ4n) is 3.48. The Labute approximate surface area is 163 Å². The predicted octanol–water partition coefficient (Wildman–Crippen LogP) is 0.836. The van der Waals surface area contributed by atoms with Gasteiger partial charge in [0.2, 0.25) is 5.91 Å². The van der Waals surface area contributed by atoms with Gasteiger partial charge < -0.3 is 21.0 Å². The molecule has 1 aromatic heterocycles. The van der Waals surface area contributed by atoms with Crippen molar-refractivity contribution >= 4 is 39.6 Å². The van der Waals surface area contributed by atoms with Crippen molar-refractivity contribution in [1.29, 1.82) is 0 Å². The Kier molecular flexibility index (Phi) is 6.50. The molecule has 0 saturated heterocycles. The number of carbonyl (C=O) groups is 1. The lowest BCUT2D eigenvalue weighted by atomic mass is 9.84. The standard InChI is InChI=1S/C16H19N5O5.BrH/c17-14(22)10-3-1-2-4-11(10)18-7-8-5-9(21(25)26)6-12-13(8)20-16(24)15(23)19-12;/h5-6,10-11,18H,1-4,7H2,(H2,17,22)(H,19,23)(H,20,24);1H. The molecule has 11 heteroatoms. The van der Waals surface area contributed by atoms with Crippen LogP contribution < -0.4 is 22.2 Å². The molecule has 1 saturated carbocycles. The largest absolute Gasteiger partial charge is 0.369 e. The first-order valence-electron chi connectivity index (χ1n) is 8.33. The van der Waals surface area contributed by atoms with Crippen LogP contribution in [0.3, 0.4) is 0 Å². The van der Waals surface area contributed by atoms with Crippen molar-refractivity contribution in [1.82, 2.24) is 15.3 Å². The lowest BCUT2D eigenvalue weighted by Crippen LogP contribution is -2.44. The fraction of sp³-hybridized carbons (Fsp3) is 0.438. The van der Waals surface area contributed by atoms with Crippen LogP contribution in [-0.4, -0.2) is 26.8 Å². The number of fused-ring (bicyclic) bond motifs is 1. The minimum atomic E-state index is -0.877. The van der Waals surface area contributed by atoms with Gasteiger partial charge in [-0.3, -0.25) is 24.5 Å². The van der Waals surface area contributed by atoms with Crippen molar-refractivity contribution in [3.63, 3.8) is 0 Å². The summed E-state index contributed by atoms with van der Waals surface area (Å²) in [4.78, 5) is 50.2. The van der Waals surface area contributed by atoms with E-state index in [0.717, 1.165) is 19.3 Å². The van der Waals surface area contributed by atoms with Crippen LogP contribution in [0, 0.1) is 16.0 Å². The van der Waals surface area contributed by atoms with Crippen molar-refractivity contribution < 1.29 is 9.72 Å². The van der Waals surface area contributed by atoms with Crippen LogP contribution in [0.15, 0.2) is 21.7 Å². The maximum Gasteiger partial charge on any atom is 0.314 e. The molecule has 27 heavy (non-hydrogen) atoms. The summed E-state index contributed by atoms with van der Waals surface area (Å²) in [5.41, 5.74) is 4.50. The maximum atomic E-state index is 11.6. The van der Waals surface area contributed by atoms with Crippen LogP contribution in [0.25, 0.3) is 11.0 Å². The number of carbonyl (C=O) groups excluding carboxylic acids is 1. The van der Waals surface area contributed by atoms with E-state index >= 15 is 0 Å². The number of H-pyrrole nitrogens is 2. The van der Waals surface area contributed by atoms with Crippen molar-refractivity contribution in [3.05, 3.63) is 48.5 Å². The average molecular weight is 442 g/mol. The summed E-state index contributed by atoms with van der Waals surface area (Å²) in [5, 5.41) is 14.4. The Morgan fingerprint density at radius 3 is 2.56 bits per heavy atom. The van der Waals surface area contributed by atoms with E-state index in [-0.39, 0.29) is 52.6 Å². The van der Waals surface area contributed by atoms with E-state index in [1.54, 1.807) is 0 Å². The van der Waals surface area contributed by atoms with Gasteiger partial charge in [0.05, 0.1) is 21.9 Å². The first-order valence-corrected chi connectivity index (χ1v) is 8.33. The fourth-order valence-corrected chi connectivity index (χ4v) is 3.48. The molecule has 1 aliphatic carbocycles. The van der Waals surface area contributed by atoms with Gasteiger partial charge in [-0.15, -0.1) is 17.0 Å². The average Bonchev–Trinajstić information content (AvgIpc) is 2.60. The number of non-ortho nitro benzene ring substituents is 1. The number of nitrogens with one attached hydrogen (secondary N) is 3. The molecule has 146 valence electrons. The Morgan fingerprint density at radius 1 is 1.22 bits per heavy atom. The van der Waals surface area contributed by atoms with Gasteiger partial charge in [0.25, 0.3) is 5.69 Å². The molecule has 2 atom stereocenters. The summed E-state index contributed by atoms with van der Waals surface area (Å²) in [6.45, 7) is 0.189. The number of primary amides is 1. The second-order valence-electron chi connectivity index (χ2n) is 6.47. The first kappa shape index (κ1) is 20.8. The van der Waals surface area contributed by atoms with Gasteiger partial charge in [-0.25, -0.2) is 0 Å². The molecule has 0 spiro atoms. The van der Waals surface area contributed by atoms with Gasteiger partial charge in [-0.1, -0.05) is 12.8 Å². The maximum absolute atomic E-state index is 11.6. The molecular weight excluding hydrogens is 422 g/mol. The Bertz CT molecular complexity index is 985. The predicted molar refractivity (Wildman–Crippen MR) is 104 cm³/mol. The highest BCUT2D eigenvalue weighted by molar-refractivity contribution is 8.93. The smallest absolute Gasteiger partial charge is 0.314 e. The zero-order chi connectivity index (χ0) is 18.8. The van der Waals surface area contributed by atoms with E-state index in [1.807, 2.05) is 0 Å². The Balaban J connectivity index is 0.00000261. The van der Waals surface area contributed by atoms with E-state index < -0.39 is 16.0 Å². The SMILES string of the molecule is Br.NC(=O)C1CCCCC1NCc1cc([N+](=O)[O-])cc2[nH]c(=O)c(=O)[nH]c12. The summed E-state index contributed by atoms with van der Waals surface area (Å²) < 4.78 is 0. The number of rotatable bonds is 5. The molecule has 10 nitrogen and oxygen atoms in total. The van der Waals surface area contributed by atoms with Gasteiger partial charge in [0.15, 0.2) is 0 Å². The molecule has 2 aromatic rings. The number of hydrogen-bond acceptors (Lipinski definition) is 6. The van der Waals surface area contributed by atoms with Crippen LogP contribution in [0.5, 0.6) is 0 Å². The normalized spacial score (nSPS) is 19.4. The van der Waals surface area contributed by atoms with E-state index in [9.17, 15) is 24.5 Å². The van der Waals surface area contributed by atoms with Gasteiger partial charge >= 0.3 is 11.1 Å². The second kappa shape index (κ2) is 8.44. The van der Waals surface area contributed by atoms with Crippen molar-refractivity contribution in [3.8, 4) is 0 Å². The number of amides is 1. The van der Waals surface area contributed by atoms with E-state index in [2.05, 4.69) is 15.3 Å².